The van der Waals surface area contributed by atoms with Gasteiger partial charge in [0.1, 0.15) is 17.7 Å². The Balaban J connectivity index is 1.54. The fraction of sp³-hybridized carbons (Fsp3) is 0.775. The molecular weight excluding hydrogens is 652 g/mol. The molecule has 0 aromatic heterocycles. The topological polar surface area (TPSA) is 164 Å². The van der Waals surface area contributed by atoms with Gasteiger partial charge in [0, 0.05) is 30.8 Å². The van der Waals surface area contributed by atoms with E-state index in [9.17, 15) is 29.7 Å². The lowest BCUT2D eigenvalue weighted by atomic mass is 9.61. The third-order valence-corrected chi connectivity index (χ3v) is 12.8. The van der Waals surface area contributed by atoms with Crippen LogP contribution in [-0.4, -0.2) is 83.8 Å². The lowest BCUT2D eigenvalue weighted by Gasteiger charge is -2.52. The molecule has 1 aromatic rings. The van der Waals surface area contributed by atoms with Gasteiger partial charge in [-0.15, -0.1) is 0 Å². The average molecular weight is 715 g/mol. The third-order valence-electron chi connectivity index (χ3n) is 12.8. The number of esters is 2. The first-order chi connectivity index (χ1) is 24.5. The van der Waals surface area contributed by atoms with Gasteiger partial charge < -0.3 is 40.2 Å². The van der Waals surface area contributed by atoms with E-state index in [1.54, 1.807) is 13.0 Å². The van der Waals surface area contributed by atoms with Crippen molar-refractivity contribution >= 4 is 17.8 Å². The maximum atomic E-state index is 15.0. The summed E-state index contributed by atoms with van der Waals surface area (Å²) in [6.07, 6.45) is 10.2. The largest absolute Gasteiger partial charge is 0.504 e. The number of nitrogens with one attached hydrogen (secondary N) is 2. The molecule has 4 fully saturated rings. The Morgan fingerprint density at radius 2 is 1.73 bits per heavy atom. The monoisotopic (exact) mass is 714 g/mol. The molecule has 11 heteroatoms. The standard InChI is InChI=1S/C40H62N2O9/c1-27(44)11-13-30(9-8-22-43)33(50-28(2)45)24-35(38(18-20-41-21-19-38)25-29-12-14-32(46)34(23-29)49-3)51-37(48)40-17-5-4-10-31(40)26-39(36(47)42-40)15-6-7-16-39/h12,14,23,27,30-31,33,35,41,43-44,46H,4-11,13,15-22,24-26H2,1-3H3,(H,42,47)/t27-,30+,31+,33-,35+,40+/m0/s1. The number of aliphatic hydroxyl groups is 2. The van der Waals surface area contributed by atoms with Crippen LogP contribution in [-0.2, 0) is 30.3 Å². The minimum Gasteiger partial charge on any atom is -0.504 e. The van der Waals surface area contributed by atoms with Crippen LogP contribution in [0.4, 0.5) is 0 Å². The summed E-state index contributed by atoms with van der Waals surface area (Å²) < 4.78 is 18.4. The first kappa shape index (κ1) is 39.3. The number of carbonyl (C=O) groups is 3. The van der Waals surface area contributed by atoms with Gasteiger partial charge in [0.05, 0.1) is 13.2 Å². The molecular formula is C40H62N2O9. The van der Waals surface area contributed by atoms with Crippen molar-refractivity contribution in [3.8, 4) is 11.5 Å². The second kappa shape index (κ2) is 17.3. The number of phenolic OH excluding ortho intramolecular Hbond substituents is 1. The molecule has 0 unspecified atom stereocenters. The lowest BCUT2D eigenvalue weighted by molar-refractivity contribution is -0.182. The zero-order valence-corrected chi connectivity index (χ0v) is 31.1. The van der Waals surface area contributed by atoms with E-state index in [1.807, 2.05) is 12.1 Å². The van der Waals surface area contributed by atoms with Crippen molar-refractivity contribution in [1.29, 1.82) is 0 Å². The molecule has 5 rings (SSSR count). The van der Waals surface area contributed by atoms with Gasteiger partial charge >= 0.3 is 11.9 Å². The van der Waals surface area contributed by atoms with Gasteiger partial charge in [0.15, 0.2) is 11.5 Å². The van der Waals surface area contributed by atoms with Crippen LogP contribution in [0.25, 0.3) is 0 Å². The highest BCUT2D eigenvalue weighted by Crippen LogP contribution is 2.53. The number of rotatable bonds is 16. The van der Waals surface area contributed by atoms with Crippen LogP contribution in [0.5, 0.6) is 11.5 Å². The fourth-order valence-electron chi connectivity index (χ4n) is 9.91. The predicted molar refractivity (Wildman–Crippen MR) is 192 cm³/mol. The predicted octanol–water partition coefficient (Wildman–Crippen LogP) is 5.11. The van der Waals surface area contributed by atoms with Gasteiger partial charge in [-0.1, -0.05) is 31.7 Å². The first-order valence-corrected chi connectivity index (χ1v) is 19.5. The molecule has 2 saturated heterocycles. The summed E-state index contributed by atoms with van der Waals surface area (Å²) in [4.78, 5) is 41.6. The number of methoxy groups -OCH3 is 1. The SMILES string of the molecule is COc1cc(CC2([C@@H](C[C@H](OC(C)=O)[C@H](CCCO)CC[C@H](C)O)OC(=O)[C@@]34CCCC[C@@H]3CC3(CCCC3)C(=O)N4)CCNCC2)ccc1O. The third kappa shape index (κ3) is 9.02. The Kier molecular flexibility index (Phi) is 13.3. The van der Waals surface area contributed by atoms with E-state index in [0.29, 0.717) is 76.6 Å². The molecule has 0 bridgehead atoms. The second-order valence-corrected chi connectivity index (χ2v) is 16.2. The number of aliphatic hydroxyl groups excluding tert-OH is 2. The summed E-state index contributed by atoms with van der Waals surface area (Å²) in [5, 5.41) is 37.2. The number of carbonyl (C=O) groups excluding carboxylic acids is 3. The van der Waals surface area contributed by atoms with Crippen molar-refractivity contribution in [2.75, 3.05) is 26.8 Å². The molecule has 51 heavy (non-hydrogen) atoms. The lowest BCUT2D eigenvalue weighted by Crippen LogP contribution is -2.68. The van der Waals surface area contributed by atoms with Gasteiger partial charge in [-0.2, -0.15) is 0 Å². The Bertz CT molecular complexity index is 1340. The molecule has 1 spiro atoms. The highest BCUT2D eigenvalue weighted by molar-refractivity contribution is 5.93. The van der Waals surface area contributed by atoms with E-state index in [4.69, 9.17) is 14.2 Å². The fourth-order valence-corrected chi connectivity index (χ4v) is 9.91. The number of piperidine rings is 2. The van der Waals surface area contributed by atoms with Crippen molar-refractivity contribution in [1.82, 2.24) is 10.6 Å². The number of aromatic hydroxyl groups is 1. The van der Waals surface area contributed by atoms with Crippen molar-refractivity contribution in [3.05, 3.63) is 23.8 Å². The van der Waals surface area contributed by atoms with Crippen molar-refractivity contribution in [2.24, 2.45) is 22.7 Å². The number of ether oxygens (including phenoxy) is 3. The van der Waals surface area contributed by atoms with Crippen LogP contribution in [0.1, 0.15) is 122 Å². The maximum Gasteiger partial charge on any atom is 0.332 e. The number of amides is 1. The average Bonchev–Trinajstić information content (AvgIpc) is 3.58. The first-order valence-electron chi connectivity index (χ1n) is 19.5. The summed E-state index contributed by atoms with van der Waals surface area (Å²) in [7, 11) is 1.52. The molecule has 2 aliphatic carbocycles. The summed E-state index contributed by atoms with van der Waals surface area (Å²) in [5.41, 5.74) is -1.15. The molecule has 0 radical (unpaired) electrons. The van der Waals surface area contributed by atoms with Crippen molar-refractivity contribution < 1.29 is 43.9 Å². The van der Waals surface area contributed by atoms with Gasteiger partial charge in [0.25, 0.3) is 0 Å². The smallest absolute Gasteiger partial charge is 0.332 e. The Labute approximate surface area is 303 Å². The van der Waals surface area contributed by atoms with E-state index >= 15 is 0 Å². The van der Waals surface area contributed by atoms with Crippen LogP contribution >= 0.6 is 0 Å². The normalized spacial score (nSPS) is 26.3. The van der Waals surface area contributed by atoms with E-state index in [1.165, 1.54) is 14.0 Å². The Morgan fingerprint density at radius 1 is 1.00 bits per heavy atom. The van der Waals surface area contributed by atoms with Crippen LogP contribution in [0, 0.1) is 22.7 Å². The second-order valence-electron chi connectivity index (χ2n) is 16.2. The van der Waals surface area contributed by atoms with Gasteiger partial charge in [-0.05, 0) is 127 Å². The molecule has 4 aliphatic rings. The van der Waals surface area contributed by atoms with E-state index in [0.717, 1.165) is 50.5 Å². The molecule has 286 valence electrons. The highest BCUT2D eigenvalue weighted by Gasteiger charge is 2.60. The molecule has 11 nitrogen and oxygen atoms in total. The summed E-state index contributed by atoms with van der Waals surface area (Å²) in [6.45, 7) is 4.50. The number of hydrogen-bond donors (Lipinski definition) is 5. The van der Waals surface area contributed by atoms with Crippen LogP contribution in [0.3, 0.4) is 0 Å². The van der Waals surface area contributed by atoms with Gasteiger partial charge in [-0.25, -0.2) is 4.79 Å². The molecule has 5 N–H and O–H groups in total. The number of benzene rings is 1. The maximum absolute atomic E-state index is 15.0. The van der Waals surface area contributed by atoms with E-state index in [-0.39, 0.29) is 36.5 Å². The molecule has 2 saturated carbocycles. The van der Waals surface area contributed by atoms with E-state index < -0.39 is 46.6 Å². The summed E-state index contributed by atoms with van der Waals surface area (Å²) in [6, 6.07) is 5.32. The number of phenols is 1. The molecule has 2 heterocycles. The Morgan fingerprint density at radius 3 is 2.39 bits per heavy atom. The zero-order valence-electron chi connectivity index (χ0n) is 31.1. The van der Waals surface area contributed by atoms with Gasteiger partial charge in [0.2, 0.25) is 5.91 Å². The Hall–Kier alpha value is -2.89. The van der Waals surface area contributed by atoms with Crippen molar-refractivity contribution in [2.45, 2.75) is 147 Å². The van der Waals surface area contributed by atoms with Crippen molar-refractivity contribution in [3.63, 3.8) is 0 Å². The molecule has 6 atom stereocenters. The molecule has 2 aliphatic heterocycles. The zero-order chi connectivity index (χ0) is 36.6. The number of hydrogen-bond acceptors (Lipinski definition) is 10. The van der Waals surface area contributed by atoms with Gasteiger partial charge in [-0.3, -0.25) is 9.59 Å². The highest BCUT2D eigenvalue weighted by atomic mass is 16.6. The summed E-state index contributed by atoms with van der Waals surface area (Å²) in [5.74, 6) is -0.629. The molecule has 1 amide bonds. The van der Waals surface area contributed by atoms with E-state index in [2.05, 4.69) is 10.6 Å². The summed E-state index contributed by atoms with van der Waals surface area (Å²) >= 11 is 0. The minimum atomic E-state index is -1.10. The quantitative estimate of drug-likeness (QED) is 0.146. The van der Waals surface area contributed by atoms with Crippen LogP contribution in [0.2, 0.25) is 0 Å². The van der Waals surface area contributed by atoms with Crippen LogP contribution < -0.4 is 15.4 Å². The number of fused-ring (bicyclic) bond motifs is 1. The minimum absolute atomic E-state index is 0.00635. The molecule has 1 aromatic carbocycles. The van der Waals surface area contributed by atoms with Crippen LogP contribution in [0.15, 0.2) is 18.2 Å².